The average Bonchev–Trinajstić information content (AvgIpc) is 2.42. The summed E-state index contributed by atoms with van der Waals surface area (Å²) < 4.78 is 39.0. The van der Waals surface area contributed by atoms with Crippen LogP contribution in [0.15, 0.2) is 24.3 Å². The van der Waals surface area contributed by atoms with E-state index >= 15 is 0 Å². The number of likely N-dealkylation sites (tertiary alicyclic amines) is 1. The van der Waals surface area contributed by atoms with Crippen molar-refractivity contribution in [2.75, 3.05) is 13.1 Å². The number of hydrogen-bond donors (Lipinski definition) is 2. The fraction of sp³-hybridized carbons (Fsp3) is 0.529. The highest BCUT2D eigenvalue weighted by atomic mass is 19.4. The zero-order valence-corrected chi connectivity index (χ0v) is 14.2. The van der Waals surface area contributed by atoms with Gasteiger partial charge < -0.3 is 15.3 Å². The van der Waals surface area contributed by atoms with E-state index in [1.807, 2.05) is 20.8 Å². The molecule has 0 spiro atoms. The van der Waals surface area contributed by atoms with Crippen LogP contribution < -0.4 is 5.32 Å². The molecule has 0 bridgehead atoms. The molecule has 0 saturated carbocycles. The van der Waals surface area contributed by atoms with Gasteiger partial charge in [0, 0.05) is 25.0 Å². The fourth-order valence-corrected chi connectivity index (χ4v) is 3.38. The Morgan fingerprint density at radius 3 is 2.36 bits per heavy atom. The quantitative estimate of drug-likeness (QED) is 0.869. The molecular formula is C17H21F3N2O3. The van der Waals surface area contributed by atoms with Gasteiger partial charge in [-0.05, 0) is 17.5 Å². The Labute approximate surface area is 143 Å². The molecule has 0 radical (unpaired) electrons. The molecule has 2 amide bonds. The van der Waals surface area contributed by atoms with Crippen LogP contribution in [0.5, 0.6) is 0 Å². The van der Waals surface area contributed by atoms with E-state index in [0.29, 0.717) is 0 Å². The standard InChI is InChI=1S/C17H21F3N2O3/c1-16(2,3)13-10(9-22(13)15(24)25)8-21-14(23)11-6-4-5-7-12(11)17(18,19)20/h4-7,10,13H,8-9H2,1-3H3,(H,21,23)(H,24,25). The second-order valence-electron chi connectivity index (χ2n) is 7.26. The molecule has 8 heteroatoms. The Bertz CT molecular complexity index is 668. The number of halogens is 3. The lowest BCUT2D eigenvalue weighted by Crippen LogP contribution is -2.65. The van der Waals surface area contributed by atoms with E-state index < -0.39 is 29.3 Å². The van der Waals surface area contributed by atoms with Crippen LogP contribution in [0.3, 0.4) is 0 Å². The molecule has 2 unspecified atom stereocenters. The number of alkyl halides is 3. The van der Waals surface area contributed by atoms with Crippen molar-refractivity contribution in [1.29, 1.82) is 0 Å². The minimum absolute atomic E-state index is 0.122. The molecule has 0 aromatic heterocycles. The first-order valence-electron chi connectivity index (χ1n) is 7.87. The molecule has 1 aliphatic rings. The third-order valence-corrected chi connectivity index (χ3v) is 4.35. The summed E-state index contributed by atoms with van der Waals surface area (Å²) in [6.45, 7) is 6.04. The summed E-state index contributed by atoms with van der Waals surface area (Å²) in [6.07, 6.45) is -5.65. The van der Waals surface area contributed by atoms with Gasteiger partial charge in [-0.2, -0.15) is 13.2 Å². The zero-order chi connectivity index (χ0) is 19.0. The van der Waals surface area contributed by atoms with Crippen molar-refractivity contribution in [1.82, 2.24) is 10.2 Å². The number of hydrogen-bond acceptors (Lipinski definition) is 2. The van der Waals surface area contributed by atoms with Crippen molar-refractivity contribution in [2.24, 2.45) is 11.3 Å². The minimum Gasteiger partial charge on any atom is -0.465 e. The molecule has 2 atom stereocenters. The lowest BCUT2D eigenvalue weighted by Gasteiger charge is -2.52. The van der Waals surface area contributed by atoms with Gasteiger partial charge in [0.15, 0.2) is 0 Å². The summed E-state index contributed by atoms with van der Waals surface area (Å²) >= 11 is 0. The van der Waals surface area contributed by atoms with Gasteiger partial charge in [0.2, 0.25) is 0 Å². The maximum absolute atomic E-state index is 13.0. The van der Waals surface area contributed by atoms with E-state index in [0.717, 1.165) is 12.1 Å². The molecule has 138 valence electrons. The van der Waals surface area contributed by atoms with Crippen molar-refractivity contribution >= 4 is 12.0 Å². The van der Waals surface area contributed by atoms with E-state index in [1.165, 1.54) is 17.0 Å². The number of rotatable bonds is 3. The second kappa shape index (κ2) is 6.57. The zero-order valence-electron chi connectivity index (χ0n) is 14.2. The lowest BCUT2D eigenvalue weighted by atomic mass is 9.72. The number of nitrogens with one attached hydrogen (secondary N) is 1. The summed E-state index contributed by atoms with van der Waals surface area (Å²) in [5.74, 6) is -0.951. The molecular weight excluding hydrogens is 337 g/mol. The van der Waals surface area contributed by atoms with Crippen LogP contribution >= 0.6 is 0 Å². The number of carboxylic acid groups (broad SMARTS) is 1. The van der Waals surface area contributed by atoms with Crippen LogP contribution in [0.2, 0.25) is 0 Å². The lowest BCUT2D eigenvalue weighted by molar-refractivity contribution is -0.137. The Morgan fingerprint density at radius 2 is 1.84 bits per heavy atom. The molecule has 1 saturated heterocycles. The van der Waals surface area contributed by atoms with Gasteiger partial charge in [-0.15, -0.1) is 0 Å². The minimum atomic E-state index is -4.61. The normalized spacial score (nSPS) is 20.8. The molecule has 1 aromatic rings. The third-order valence-electron chi connectivity index (χ3n) is 4.35. The van der Waals surface area contributed by atoms with Crippen LogP contribution in [0.25, 0.3) is 0 Å². The first-order valence-corrected chi connectivity index (χ1v) is 7.87. The molecule has 1 heterocycles. The second-order valence-corrected chi connectivity index (χ2v) is 7.26. The Kier molecular flexibility index (Phi) is 5.02. The van der Waals surface area contributed by atoms with Crippen molar-refractivity contribution in [3.05, 3.63) is 35.4 Å². The predicted molar refractivity (Wildman–Crippen MR) is 85.2 cm³/mol. The summed E-state index contributed by atoms with van der Waals surface area (Å²) in [5, 5.41) is 11.7. The van der Waals surface area contributed by atoms with Gasteiger partial charge >= 0.3 is 12.3 Å². The molecule has 25 heavy (non-hydrogen) atoms. The molecule has 2 rings (SSSR count). The van der Waals surface area contributed by atoms with Gasteiger partial charge in [0.05, 0.1) is 11.1 Å². The van der Waals surface area contributed by atoms with Crippen molar-refractivity contribution in [2.45, 2.75) is 33.0 Å². The summed E-state index contributed by atoms with van der Waals surface area (Å²) in [6, 6.07) is 4.29. The highest BCUT2D eigenvalue weighted by Gasteiger charge is 2.48. The predicted octanol–water partition coefficient (Wildman–Crippen LogP) is 3.46. The van der Waals surface area contributed by atoms with Crippen LogP contribution in [0.4, 0.5) is 18.0 Å². The number of carbonyl (C=O) groups is 2. The van der Waals surface area contributed by atoms with Gasteiger partial charge in [-0.3, -0.25) is 4.79 Å². The molecule has 1 aliphatic heterocycles. The molecule has 1 aromatic carbocycles. The third kappa shape index (κ3) is 4.05. The van der Waals surface area contributed by atoms with E-state index in [-0.39, 0.29) is 30.5 Å². The molecule has 5 nitrogen and oxygen atoms in total. The first kappa shape index (κ1) is 19.1. The summed E-state index contributed by atoms with van der Waals surface area (Å²) in [4.78, 5) is 24.7. The average molecular weight is 358 g/mol. The monoisotopic (exact) mass is 358 g/mol. The van der Waals surface area contributed by atoms with Crippen molar-refractivity contribution in [3.63, 3.8) is 0 Å². The van der Waals surface area contributed by atoms with Crippen LogP contribution in [-0.4, -0.2) is 41.1 Å². The molecule has 2 N–H and O–H groups in total. The number of nitrogens with zero attached hydrogens (tertiary/aromatic N) is 1. The highest BCUT2D eigenvalue weighted by molar-refractivity contribution is 5.95. The van der Waals surface area contributed by atoms with Crippen LogP contribution in [0.1, 0.15) is 36.7 Å². The van der Waals surface area contributed by atoms with Gasteiger partial charge in [-0.1, -0.05) is 32.9 Å². The van der Waals surface area contributed by atoms with Crippen molar-refractivity contribution < 1.29 is 27.9 Å². The van der Waals surface area contributed by atoms with E-state index in [2.05, 4.69) is 5.32 Å². The fourth-order valence-electron chi connectivity index (χ4n) is 3.38. The largest absolute Gasteiger partial charge is 0.465 e. The van der Waals surface area contributed by atoms with E-state index in [1.54, 1.807) is 0 Å². The van der Waals surface area contributed by atoms with E-state index in [4.69, 9.17) is 0 Å². The SMILES string of the molecule is CC(C)(C)C1C(CNC(=O)c2ccccc2C(F)(F)F)CN1C(=O)O. The Balaban J connectivity index is 2.08. The maximum Gasteiger partial charge on any atom is 0.417 e. The number of amides is 2. The van der Waals surface area contributed by atoms with Crippen molar-refractivity contribution in [3.8, 4) is 0 Å². The summed E-state index contributed by atoms with van der Waals surface area (Å²) in [7, 11) is 0. The van der Waals surface area contributed by atoms with Gasteiger partial charge in [0.1, 0.15) is 0 Å². The Morgan fingerprint density at radius 1 is 1.24 bits per heavy atom. The maximum atomic E-state index is 13.0. The summed E-state index contributed by atoms with van der Waals surface area (Å²) in [5.41, 5.74) is -1.76. The Hall–Kier alpha value is -2.25. The number of benzene rings is 1. The first-order chi connectivity index (χ1) is 11.4. The highest BCUT2D eigenvalue weighted by Crippen LogP contribution is 2.38. The topological polar surface area (TPSA) is 69.6 Å². The molecule has 0 aliphatic carbocycles. The van der Waals surface area contributed by atoms with Gasteiger partial charge in [-0.25, -0.2) is 4.79 Å². The van der Waals surface area contributed by atoms with Gasteiger partial charge in [0.25, 0.3) is 5.91 Å². The van der Waals surface area contributed by atoms with Crippen LogP contribution in [-0.2, 0) is 6.18 Å². The van der Waals surface area contributed by atoms with Crippen LogP contribution in [0, 0.1) is 11.3 Å². The molecule has 1 fully saturated rings. The smallest absolute Gasteiger partial charge is 0.417 e. The number of carbonyl (C=O) groups excluding carboxylic acids is 1. The van der Waals surface area contributed by atoms with E-state index in [9.17, 15) is 27.9 Å².